The predicted octanol–water partition coefficient (Wildman–Crippen LogP) is 3.29. The Morgan fingerprint density at radius 2 is 2.33 bits per heavy atom. The van der Waals surface area contributed by atoms with Crippen LogP contribution in [0.2, 0.25) is 0 Å². The highest BCUT2D eigenvalue weighted by atomic mass is 79.9. The van der Waals surface area contributed by atoms with Gasteiger partial charge in [0.1, 0.15) is 5.82 Å². The van der Waals surface area contributed by atoms with Crippen LogP contribution in [-0.4, -0.2) is 13.1 Å². The lowest BCUT2D eigenvalue weighted by molar-refractivity contribution is 0.561. The van der Waals surface area contributed by atoms with Gasteiger partial charge in [-0.1, -0.05) is 22.0 Å². The molecule has 0 aliphatic rings. The smallest absolute Gasteiger partial charge is 0.123 e. The molecule has 0 aliphatic carbocycles. The predicted molar refractivity (Wildman–Crippen MR) is 65.5 cm³/mol. The van der Waals surface area contributed by atoms with Gasteiger partial charge in [0.15, 0.2) is 0 Å². The number of halogens is 2. The number of rotatable bonds is 5. The van der Waals surface area contributed by atoms with Crippen molar-refractivity contribution in [2.24, 2.45) is 0 Å². The molecule has 0 spiro atoms. The van der Waals surface area contributed by atoms with Gasteiger partial charge in [-0.05, 0) is 43.7 Å². The van der Waals surface area contributed by atoms with Gasteiger partial charge in [0, 0.05) is 10.5 Å². The summed E-state index contributed by atoms with van der Waals surface area (Å²) >= 11 is 3.42. The van der Waals surface area contributed by atoms with Gasteiger partial charge in [0.25, 0.3) is 0 Å². The summed E-state index contributed by atoms with van der Waals surface area (Å²) in [5, 5.41) is 3.18. The van der Waals surface area contributed by atoms with Crippen molar-refractivity contribution in [3.63, 3.8) is 0 Å². The Bertz CT molecular complexity index is 338. The van der Waals surface area contributed by atoms with Crippen LogP contribution in [-0.2, 0) is 6.42 Å². The van der Waals surface area contributed by atoms with Crippen LogP contribution in [0.1, 0.15) is 12.0 Å². The molecule has 1 aromatic carbocycles. The Labute approximate surface area is 98.5 Å². The first-order valence-electron chi connectivity index (χ1n) is 4.89. The van der Waals surface area contributed by atoms with Gasteiger partial charge in [-0.2, -0.15) is 0 Å². The molecule has 0 heterocycles. The Kier molecular flexibility index (Phi) is 4.99. The van der Waals surface area contributed by atoms with Gasteiger partial charge >= 0.3 is 0 Å². The van der Waals surface area contributed by atoms with E-state index in [1.807, 2.05) is 13.1 Å². The van der Waals surface area contributed by atoms with Gasteiger partial charge in [-0.3, -0.25) is 0 Å². The molecule has 1 rings (SSSR count). The Hall–Kier alpha value is -0.670. The monoisotopic (exact) mass is 271 g/mol. The van der Waals surface area contributed by atoms with Crippen LogP contribution < -0.4 is 5.32 Å². The zero-order valence-corrected chi connectivity index (χ0v) is 10.3. The van der Waals surface area contributed by atoms with Gasteiger partial charge in [0.2, 0.25) is 0 Å². The van der Waals surface area contributed by atoms with E-state index in [1.165, 1.54) is 6.07 Å². The SMILES string of the molecule is C=CCC(Cc1cc(F)ccc1Br)NC. The second-order valence-corrected chi connectivity index (χ2v) is 4.30. The molecule has 1 unspecified atom stereocenters. The molecule has 0 saturated carbocycles. The average molecular weight is 272 g/mol. The molecule has 1 nitrogen and oxygen atoms in total. The lowest BCUT2D eigenvalue weighted by Gasteiger charge is -2.15. The van der Waals surface area contributed by atoms with Crippen molar-refractivity contribution >= 4 is 15.9 Å². The lowest BCUT2D eigenvalue weighted by atomic mass is 10.0. The minimum absolute atomic E-state index is 0.193. The molecular weight excluding hydrogens is 257 g/mol. The summed E-state index contributed by atoms with van der Waals surface area (Å²) in [5.74, 6) is -0.193. The minimum Gasteiger partial charge on any atom is -0.316 e. The summed E-state index contributed by atoms with van der Waals surface area (Å²) in [6, 6.07) is 5.07. The number of hydrogen-bond donors (Lipinski definition) is 1. The maximum atomic E-state index is 13.0. The Balaban J connectivity index is 2.77. The molecule has 0 aliphatic heterocycles. The minimum atomic E-state index is -0.193. The third-order valence-corrected chi connectivity index (χ3v) is 3.11. The first-order valence-corrected chi connectivity index (χ1v) is 5.68. The summed E-state index contributed by atoms with van der Waals surface area (Å²) in [6.07, 6.45) is 3.54. The maximum Gasteiger partial charge on any atom is 0.123 e. The van der Waals surface area contributed by atoms with Crippen LogP contribution in [0.3, 0.4) is 0 Å². The highest BCUT2D eigenvalue weighted by molar-refractivity contribution is 9.10. The fraction of sp³-hybridized carbons (Fsp3) is 0.333. The maximum absolute atomic E-state index is 13.0. The van der Waals surface area contributed by atoms with Crippen molar-refractivity contribution in [2.45, 2.75) is 18.9 Å². The van der Waals surface area contributed by atoms with E-state index < -0.39 is 0 Å². The van der Waals surface area contributed by atoms with E-state index in [0.29, 0.717) is 6.04 Å². The summed E-state index contributed by atoms with van der Waals surface area (Å²) in [4.78, 5) is 0. The number of hydrogen-bond acceptors (Lipinski definition) is 1. The third-order valence-electron chi connectivity index (χ3n) is 2.33. The second kappa shape index (κ2) is 6.03. The van der Waals surface area contributed by atoms with Crippen LogP contribution in [0.4, 0.5) is 4.39 Å². The normalized spacial score (nSPS) is 12.5. The first kappa shape index (κ1) is 12.4. The van der Waals surface area contributed by atoms with E-state index in [9.17, 15) is 4.39 Å². The fourth-order valence-corrected chi connectivity index (χ4v) is 1.88. The van der Waals surface area contributed by atoms with Crippen LogP contribution in [0.15, 0.2) is 35.3 Å². The number of nitrogens with one attached hydrogen (secondary N) is 1. The zero-order valence-electron chi connectivity index (χ0n) is 8.76. The molecule has 0 amide bonds. The molecule has 0 fully saturated rings. The Morgan fingerprint density at radius 1 is 1.60 bits per heavy atom. The Morgan fingerprint density at radius 3 is 2.93 bits per heavy atom. The van der Waals surface area contributed by atoms with Crippen LogP contribution in [0.25, 0.3) is 0 Å². The molecule has 0 saturated heterocycles. The standard InChI is InChI=1S/C12H15BrFN/c1-3-4-11(15-2)8-9-7-10(14)5-6-12(9)13/h3,5-7,11,15H,1,4,8H2,2H3. The van der Waals surface area contributed by atoms with E-state index in [0.717, 1.165) is 22.9 Å². The molecule has 3 heteroatoms. The van der Waals surface area contributed by atoms with Crippen molar-refractivity contribution in [1.82, 2.24) is 5.32 Å². The van der Waals surface area contributed by atoms with Crippen molar-refractivity contribution in [3.05, 3.63) is 46.7 Å². The van der Waals surface area contributed by atoms with Crippen LogP contribution in [0, 0.1) is 5.82 Å². The largest absolute Gasteiger partial charge is 0.316 e. The summed E-state index contributed by atoms with van der Waals surface area (Å²) in [5.41, 5.74) is 0.983. The third kappa shape index (κ3) is 3.76. The molecule has 15 heavy (non-hydrogen) atoms. The van der Waals surface area contributed by atoms with E-state index >= 15 is 0 Å². The highest BCUT2D eigenvalue weighted by Gasteiger charge is 2.08. The topological polar surface area (TPSA) is 12.0 Å². The van der Waals surface area contributed by atoms with Gasteiger partial charge in [-0.15, -0.1) is 6.58 Å². The first-order chi connectivity index (χ1) is 7.17. The zero-order chi connectivity index (χ0) is 11.3. The molecule has 82 valence electrons. The van der Waals surface area contributed by atoms with E-state index in [-0.39, 0.29) is 5.82 Å². The number of likely N-dealkylation sites (N-methyl/N-ethyl adjacent to an activating group) is 1. The van der Waals surface area contributed by atoms with Crippen molar-refractivity contribution < 1.29 is 4.39 Å². The van der Waals surface area contributed by atoms with E-state index in [4.69, 9.17) is 0 Å². The van der Waals surface area contributed by atoms with Crippen molar-refractivity contribution in [3.8, 4) is 0 Å². The average Bonchev–Trinajstić information content (AvgIpc) is 2.22. The molecular formula is C12H15BrFN. The molecule has 0 aromatic heterocycles. The van der Waals surface area contributed by atoms with Crippen LogP contribution in [0.5, 0.6) is 0 Å². The van der Waals surface area contributed by atoms with Gasteiger partial charge in [0.05, 0.1) is 0 Å². The summed E-state index contributed by atoms with van der Waals surface area (Å²) < 4.78 is 14.0. The van der Waals surface area contributed by atoms with Gasteiger partial charge < -0.3 is 5.32 Å². The molecule has 1 N–H and O–H groups in total. The molecule has 0 radical (unpaired) electrons. The fourth-order valence-electron chi connectivity index (χ4n) is 1.47. The lowest BCUT2D eigenvalue weighted by Crippen LogP contribution is -2.26. The second-order valence-electron chi connectivity index (χ2n) is 3.45. The quantitative estimate of drug-likeness (QED) is 0.811. The molecule has 1 aromatic rings. The van der Waals surface area contributed by atoms with E-state index in [2.05, 4.69) is 27.8 Å². The molecule has 1 atom stereocenters. The number of benzene rings is 1. The van der Waals surface area contributed by atoms with Crippen LogP contribution >= 0.6 is 15.9 Å². The van der Waals surface area contributed by atoms with E-state index in [1.54, 1.807) is 12.1 Å². The highest BCUT2D eigenvalue weighted by Crippen LogP contribution is 2.20. The van der Waals surface area contributed by atoms with Crippen molar-refractivity contribution in [2.75, 3.05) is 7.05 Å². The summed E-state index contributed by atoms with van der Waals surface area (Å²) in [7, 11) is 1.90. The molecule has 0 bridgehead atoms. The summed E-state index contributed by atoms with van der Waals surface area (Å²) in [6.45, 7) is 3.70. The van der Waals surface area contributed by atoms with Crippen molar-refractivity contribution in [1.29, 1.82) is 0 Å². The van der Waals surface area contributed by atoms with Gasteiger partial charge in [-0.25, -0.2) is 4.39 Å².